The lowest BCUT2D eigenvalue weighted by atomic mass is 9.99. The minimum absolute atomic E-state index is 0.160. The molecule has 5 heteroatoms. The fourth-order valence-corrected chi connectivity index (χ4v) is 4.91. The Morgan fingerprint density at radius 2 is 1.08 bits per heavy atom. The van der Waals surface area contributed by atoms with Crippen molar-refractivity contribution in [3.8, 4) is 0 Å². The number of aliphatic hydroxyl groups excluding tert-OH is 3. The highest BCUT2D eigenvalue weighted by Crippen LogP contribution is 2.14. The van der Waals surface area contributed by atoms with Crippen LogP contribution in [0.3, 0.4) is 0 Å². The van der Waals surface area contributed by atoms with Gasteiger partial charge in [0.05, 0.1) is 18.8 Å². The molecule has 0 heterocycles. The maximum absolute atomic E-state index is 12.3. The number of amides is 1. The Kier molecular flexibility index (Phi) is 28.9. The van der Waals surface area contributed by atoms with Crippen molar-refractivity contribution in [3.05, 3.63) is 24.3 Å². The predicted octanol–water partition coefficient (Wildman–Crippen LogP) is 8.31. The van der Waals surface area contributed by atoms with E-state index in [0.717, 1.165) is 44.9 Å². The molecular formula is C34H65NO4. The molecule has 0 saturated heterocycles. The number of hydrogen-bond acceptors (Lipinski definition) is 4. The monoisotopic (exact) mass is 551 g/mol. The predicted molar refractivity (Wildman–Crippen MR) is 167 cm³/mol. The van der Waals surface area contributed by atoms with Gasteiger partial charge in [0.25, 0.3) is 0 Å². The van der Waals surface area contributed by atoms with Crippen molar-refractivity contribution < 1.29 is 20.1 Å². The molecule has 0 aliphatic heterocycles. The van der Waals surface area contributed by atoms with Crippen LogP contribution in [0.4, 0.5) is 0 Å². The molecule has 0 fully saturated rings. The van der Waals surface area contributed by atoms with Gasteiger partial charge in [-0.05, 0) is 38.5 Å². The molecule has 1 amide bonds. The summed E-state index contributed by atoms with van der Waals surface area (Å²) in [4.78, 5) is 12.3. The van der Waals surface area contributed by atoms with Gasteiger partial charge in [0.2, 0.25) is 5.91 Å². The maximum Gasteiger partial charge on any atom is 0.220 e. The van der Waals surface area contributed by atoms with Crippen LogP contribution in [0.25, 0.3) is 0 Å². The number of unbranched alkanes of at least 4 members (excludes halogenated alkanes) is 18. The summed E-state index contributed by atoms with van der Waals surface area (Å²) in [5.74, 6) is -0.160. The molecular weight excluding hydrogens is 486 g/mol. The second kappa shape index (κ2) is 29.8. The number of nitrogens with one attached hydrogen (secondary N) is 1. The van der Waals surface area contributed by atoms with Gasteiger partial charge in [0, 0.05) is 6.42 Å². The number of rotatable bonds is 29. The van der Waals surface area contributed by atoms with E-state index in [0.29, 0.717) is 12.8 Å². The van der Waals surface area contributed by atoms with E-state index < -0.39 is 18.2 Å². The van der Waals surface area contributed by atoms with Gasteiger partial charge in [-0.25, -0.2) is 0 Å². The Morgan fingerprint density at radius 3 is 1.62 bits per heavy atom. The zero-order chi connectivity index (χ0) is 28.8. The van der Waals surface area contributed by atoms with E-state index in [1.807, 2.05) is 0 Å². The van der Waals surface area contributed by atoms with Crippen LogP contribution in [0.5, 0.6) is 0 Å². The molecule has 0 aliphatic rings. The lowest BCUT2D eigenvalue weighted by Crippen LogP contribution is -2.50. The molecule has 0 spiro atoms. The highest BCUT2D eigenvalue weighted by Gasteiger charge is 2.26. The van der Waals surface area contributed by atoms with Crippen molar-refractivity contribution in [2.75, 3.05) is 6.61 Å². The highest BCUT2D eigenvalue weighted by molar-refractivity contribution is 5.76. The average molecular weight is 552 g/mol. The lowest BCUT2D eigenvalue weighted by molar-refractivity contribution is -0.124. The first-order valence-electron chi connectivity index (χ1n) is 16.6. The fraction of sp³-hybridized carbons (Fsp3) is 0.853. The molecule has 3 atom stereocenters. The zero-order valence-corrected chi connectivity index (χ0v) is 25.8. The number of allylic oxidation sites excluding steroid dienone is 4. The second-order valence-corrected chi connectivity index (χ2v) is 11.4. The third kappa shape index (κ3) is 25.5. The number of carbonyl (C=O) groups excluding carboxylic acids is 1. The van der Waals surface area contributed by atoms with Gasteiger partial charge in [-0.3, -0.25) is 4.79 Å². The number of hydrogen-bond donors (Lipinski definition) is 4. The van der Waals surface area contributed by atoms with Gasteiger partial charge in [-0.1, -0.05) is 141 Å². The summed E-state index contributed by atoms with van der Waals surface area (Å²) in [5, 5.41) is 33.2. The molecule has 0 saturated carbocycles. The Morgan fingerprint density at radius 1 is 0.641 bits per heavy atom. The van der Waals surface area contributed by atoms with Crippen LogP contribution in [0, 0.1) is 0 Å². The number of aliphatic hydroxyl groups is 3. The first-order chi connectivity index (χ1) is 19.1. The first kappa shape index (κ1) is 37.8. The van der Waals surface area contributed by atoms with E-state index in [1.165, 1.54) is 89.9 Å². The Bertz CT molecular complexity index is 578. The van der Waals surface area contributed by atoms with Gasteiger partial charge >= 0.3 is 0 Å². The van der Waals surface area contributed by atoms with Crippen LogP contribution >= 0.6 is 0 Å². The minimum atomic E-state index is -1.14. The van der Waals surface area contributed by atoms with Crippen LogP contribution < -0.4 is 5.32 Å². The van der Waals surface area contributed by atoms with Gasteiger partial charge in [-0.15, -0.1) is 0 Å². The van der Waals surface area contributed by atoms with Crippen molar-refractivity contribution in [2.24, 2.45) is 0 Å². The zero-order valence-electron chi connectivity index (χ0n) is 25.8. The summed E-state index contributed by atoms with van der Waals surface area (Å²) in [7, 11) is 0. The smallest absolute Gasteiger partial charge is 0.220 e. The fourth-order valence-electron chi connectivity index (χ4n) is 4.91. The molecule has 0 aliphatic carbocycles. The minimum Gasteiger partial charge on any atom is -0.394 e. The summed E-state index contributed by atoms with van der Waals surface area (Å²) >= 11 is 0. The number of carbonyl (C=O) groups is 1. The second-order valence-electron chi connectivity index (χ2n) is 11.4. The van der Waals surface area contributed by atoms with E-state index in [1.54, 1.807) is 0 Å². The molecule has 4 N–H and O–H groups in total. The summed E-state index contributed by atoms with van der Waals surface area (Å²) in [6.07, 6.45) is 32.6. The van der Waals surface area contributed by atoms with Crippen molar-refractivity contribution in [1.29, 1.82) is 0 Å². The molecule has 0 radical (unpaired) electrons. The molecule has 39 heavy (non-hydrogen) atoms. The van der Waals surface area contributed by atoms with Gasteiger partial charge < -0.3 is 20.6 Å². The first-order valence-corrected chi connectivity index (χ1v) is 16.6. The molecule has 0 aromatic heterocycles. The van der Waals surface area contributed by atoms with E-state index in [4.69, 9.17) is 0 Å². The van der Waals surface area contributed by atoms with Gasteiger partial charge in [-0.2, -0.15) is 0 Å². The standard InChI is InChI=1S/C34H65NO4/c1-3-5-7-9-11-13-15-16-17-18-19-21-23-25-27-29-33(38)35-31(30-36)34(39)32(37)28-26-24-22-20-14-12-10-8-6-4-2/h11,13,15-16,31-32,34,36-37,39H,3-10,12,14,17-30H2,1-2H3,(H,35,38)/b13-11-,16-15-. The van der Waals surface area contributed by atoms with Crippen molar-refractivity contribution >= 4 is 5.91 Å². The largest absolute Gasteiger partial charge is 0.394 e. The van der Waals surface area contributed by atoms with Crippen LogP contribution in [0.15, 0.2) is 24.3 Å². The van der Waals surface area contributed by atoms with E-state index in [2.05, 4.69) is 43.5 Å². The van der Waals surface area contributed by atoms with Gasteiger partial charge in [0.15, 0.2) is 0 Å². The Balaban J connectivity index is 3.76. The van der Waals surface area contributed by atoms with Crippen molar-refractivity contribution in [1.82, 2.24) is 5.32 Å². The summed E-state index contributed by atoms with van der Waals surface area (Å²) in [6.45, 7) is 4.10. The summed E-state index contributed by atoms with van der Waals surface area (Å²) < 4.78 is 0. The summed E-state index contributed by atoms with van der Waals surface area (Å²) in [6, 6.07) is -0.810. The average Bonchev–Trinajstić information content (AvgIpc) is 2.94. The SMILES string of the molecule is CCCCC/C=C\C=C/CCCCCCCCC(=O)NC(CO)C(O)C(O)CCCCCCCCCCCC. The maximum atomic E-state index is 12.3. The van der Waals surface area contributed by atoms with Crippen LogP contribution in [-0.4, -0.2) is 46.1 Å². The Hall–Kier alpha value is -1.17. The van der Waals surface area contributed by atoms with Crippen LogP contribution in [-0.2, 0) is 4.79 Å². The molecule has 0 bridgehead atoms. The molecule has 230 valence electrons. The topological polar surface area (TPSA) is 89.8 Å². The third-order valence-electron chi connectivity index (χ3n) is 7.59. The van der Waals surface area contributed by atoms with Gasteiger partial charge in [0.1, 0.15) is 6.10 Å². The van der Waals surface area contributed by atoms with Crippen LogP contribution in [0.1, 0.15) is 162 Å². The molecule has 0 aromatic rings. The lowest BCUT2D eigenvalue weighted by Gasteiger charge is -2.26. The Labute approximate surface area is 241 Å². The molecule has 3 unspecified atom stereocenters. The molecule has 0 rings (SSSR count). The van der Waals surface area contributed by atoms with Crippen LogP contribution in [0.2, 0.25) is 0 Å². The van der Waals surface area contributed by atoms with E-state index in [-0.39, 0.29) is 12.5 Å². The quantitative estimate of drug-likeness (QED) is 0.0556. The highest BCUT2D eigenvalue weighted by atomic mass is 16.3. The van der Waals surface area contributed by atoms with Crippen molar-refractivity contribution in [2.45, 2.75) is 180 Å². The molecule has 5 nitrogen and oxygen atoms in total. The normalized spacial score (nSPS) is 14.3. The van der Waals surface area contributed by atoms with Crippen molar-refractivity contribution in [3.63, 3.8) is 0 Å². The van der Waals surface area contributed by atoms with E-state index >= 15 is 0 Å². The molecule has 0 aromatic carbocycles. The van der Waals surface area contributed by atoms with E-state index in [9.17, 15) is 20.1 Å². The summed E-state index contributed by atoms with van der Waals surface area (Å²) in [5.41, 5.74) is 0. The third-order valence-corrected chi connectivity index (χ3v) is 7.59.